The normalized spacial score (nSPS) is 12.2. The molecule has 0 atom stereocenters. The van der Waals surface area contributed by atoms with Crippen molar-refractivity contribution < 1.29 is 19.2 Å². The molecule has 0 saturated carbocycles. The van der Waals surface area contributed by atoms with Crippen molar-refractivity contribution in [3.8, 4) is 0 Å². The summed E-state index contributed by atoms with van der Waals surface area (Å²) >= 11 is 2.96. The van der Waals surface area contributed by atoms with E-state index in [1.807, 2.05) is 0 Å². The van der Waals surface area contributed by atoms with Crippen LogP contribution in [-0.2, 0) is 19.2 Å². The van der Waals surface area contributed by atoms with Crippen molar-refractivity contribution in [3.05, 3.63) is 0 Å². The van der Waals surface area contributed by atoms with Gasteiger partial charge in [0.1, 0.15) is 5.60 Å². The highest BCUT2D eigenvalue weighted by Gasteiger charge is 2.23. The standard InChI is InChI=1S/C10H16BrNO4/c1-5-15-9(14)8(7(13)6-11)12-16-10(2,3)4/h5-6H2,1-4H3. The Morgan fingerprint density at radius 3 is 2.25 bits per heavy atom. The van der Waals surface area contributed by atoms with Crippen LogP contribution in [0.4, 0.5) is 0 Å². The molecule has 0 aliphatic rings. The number of oxime groups is 1. The summed E-state index contributed by atoms with van der Waals surface area (Å²) < 4.78 is 4.70. The second-order valence-electron chi connectivity index (χ2n) is 3.92. The number of carbonyl (C=O) groups excluding carboxylic acids is 2. The number of ketones is 1. The highest BCUT2D eigenvalue weighted by Crippen LogP contribution is 2.07. The number of alkyl halides is 1. The molecule has 0 fully saturated rings. The molecule has 5 nitrogen and oxygen atoms in total. The average Bonchev–Trinajstić information content (AvgIpc) is 2.16. The van der Waals surface area contributed by atoms with E-state index in [-0.39, 0.29) is 17.6 Å². The molecular weight excluding hydrogens is 278 g/mol. The van der Waals surface area contributed by atoms with Crippen molar-refractivity contribution in [2.75, 3.05) is 11.9 Å². The fourth-order valence-corrected chi connectivity index (χ4v) is 0.913. The van der Waals surface area contributed by atoms with Gasteiger partial charge in [-0.1, -0.05) is 21.1 Å². The third-order valence-electron chi connectivity index (χ3n) is 1.27. The van der Waals surface area contributed by atoms with Crippen LogP contribution in [0.5, 0.6) is 0 Å². The molecule has 0 saturated heterocycles. The number of hydrogen-bond donors (Lipinski definition) is 0. The zero-order valence-corrected chi connectivity index (χ0v) is 11.5. The van der Waals surface area contributed by atoms with Crippen LogP contribution >= 0.6 is 15.9 Å². The average molecular weight is 294 g/mol. The maximum absolute atomic E-state index is 11.4. The molecule has 0 radical (unpaired) electrons. The molecule has 6 heteroatoms. The van der Waals surface area contributed by atoms with E-state index < -0.39 is 17.4 Å². The molecule has 16 heavy (non-hydrogen) atoms. The Kier molecular flexibility index (Phi) is 6.25. The van der Waals surface area contributed by atoms with Crippen LogP contribution in [0.3, 0.4) is 0 Å². The number of rotatable bonds is 5. The van der Waals surface area contributed by atoms with Crippen molar-refractivity contribution in [2.24, 2.45) is 5.16 Å². The number of Topliss-reactive ketones (excluding diaryl/α,β-unsaturated/α-hetero) is 1. The van der Waals surface area contributed by atoms with Gasteiger partial charge >= 0.3 is 5.97 Å². The zero-order valence-electron chi connectivity index (χ0n) is 9.87. The van der Waals surface area contributed by atoms with E-state index in [1.54, 1.807) is 27.7 Å². The van der Waals surface area contributed by atoms with Crippen LogP contribution in [0.1, 0.15) is 27.7 Å². The highest BCUT2D eigenvalue weighted by molar-refractivity contribution is 9.09. The number of ether oxygens (including phenoxy) is 1. The third-order valence-corrected chi connectivity index (χ3v) is 1.77. The molecule has 0 rings (SSSR count). The van der Waals surface area contributed by atoms with Gasteiger partial charge in [0.15, 0.2) is 0 Å². The molecule has 0 unspecified atom stereocenters. The molecule has 0 spiro atoms. The van der Waals surface area contributed by atoms with E-state index in [1.165, 1.54) is 0 Å². The number of esters is 1. The van der Waals surface area contributed by atoms with Crippen LogP contribution in [0.15, 0.2) is 5.16 Å². The summed E-state index contributed by atoms with van der Waals surface area (Å²) in [4.78, 5) is 27.8. The van der Waals surface area contributed by atoms with Gasteiger partial charge < -0.3 is 9.57 Å². The molecule has 0 aromatic rings. The first-order valence-corrected chi connectivity index (χ1v) is 5.96. The van der Waals surface area contributed by atoms with Gasteiger partial charge in [-0.05, 0) is 27.7 Å². The molecule has 92 valence electrons. The summed E-state index contributed by atoms with van der Waals surface area (Å²) in [5, 5.41) is 3.55. The summed E-state index contributed by atoms with van der Waals surface area (Å²) in [5.41, 5.74) is -0.890. The predicted molar refractivity (Wildman–Crippen MR) is 63.7 cm³/mol. The fraction of sp³-hybridized carbons (Fsp3) is 0.700. The monoisotopic (exact) mass is 293 g/mol. The second kappa shape index (κ2) is 6.62. The van der Waals surface area contributed by atoms with E-state index in [0.29, 0.717) is 0 Å². The Morgan fingerprint density at radius 2 is 1.88 bits per heavy atom. The molecule has 0 bridgehead atoms. The molecule has 0 aliphatic heterocycles. The minimum Gasteiger partial charge on any atom is -0.461 e. The Bertz CT molecular complexity index is 294. The van der Waals surface area contributed by atoms with E-state index >= 15 is 0 Å². The van der Waals surface area contributed by atoms with Crippen molar-refractivity contribution in [1.29, 1.82) is 0 Å². The number of carbonyl (C=O) groups is 2. The largest absolute Gasteiger partial charge is 0.461 e. The van der Waals surface area contributed by atoms with Gasteiger partial charge in [0.25, 0.3) is 0 Å². The Hall–Kier alpha value is -0.910. The number of hydrogen-bond acceptors (Lipinski definition) is 5. The van der Waals surface area contributed by atoms with Gasteiger partial charge in [-0.25, -0.2) is 4.79 Å². The topological polar surface area (TPSA) is 65.0 Å². The van der Waals surface area contributed by atoms with Crippen molar-refractivity contribution in [1.82, 2.24) is 0 Å². The second-order valence-corrected chi connectivity index (χ2v) is 4.48. The lowest BCUT2D eigenvalue weighted by atomic mass is 10.2. The predicted octanol–water partition coefficient (Wildman–Crippen LogP) is 1.68. The lowest BCUT2D eigenvalue weighted by Crippen LogP contribution is -2.29. The van der Waals surface area contributed by atoms with Crippen LogP contribution in [0.25, 0.3) is 0 Å². The molecule has 0 aromatic heterocycles. The van der Waals surface area contributed by atoms with Gasteiger partial charge in [0, 0.05) is 0 Å². The first kappa shape index (κ1) is 15.1. The highest BCUT2D eigenvalue weighted by atomic mass is 79.9. The number of nitrogens with zero attached hydrogens (tertiary/aromatic N) is 1. The molecular formula is C10H16BrNO4. The molecule has 0 amide bonds. The molecule has 0 aliphatic carbocycles. The molecule has 0 aromatic carbocycles. The third kappa shape index (κ3) is 5.85. The smallest absolute Gasteiger partial charge is 0.364 e. The fourth-order valence-electron chi connectivity index (χ4n) is 0.647. The van der Waals surface area contributed by atoms with Crippen molar-refractivity contribution in [3.63, 3.8) is 0 Å². The zero-order chi connectivity index (χ0) is 12.8. The maximum Gasteiger partial charge on any atom is 0.364 e. The van der Waals surface area contributed by atoms with Gasteiger partial charge in [0.05, 0.1) is 11.9 Å². The molecule has 0 heterocycles. The lowest BCUT2D eigenvalue weighted by molar-refractivity contribution is -0.136. The van der Waals surface area contributed by atoms with Gasteiger partial charge in [-0.2, -0.15) is 0 Å². The SMILES string of the molecule is CCOC(=O)C(=NOC(C)(C)C)C(=O)CBr. The summed E-state index contributed by atoms with van der Waals surface area (Å²) in [6.07, 6.45) is 0. The Labute approximate surface area is 103 Å². The first-order chi connectivity index (χ1) is 7.31. The minimum atomic E-state index is -0.767. The van der Waals surface area contributed by atoms with Gasteiger partial charge in [0.2, 0.25) is 11.5 Å². The first-order valence-electron chi connectivity index (χ1n) is 4.84. The molecule has 0 N–H and O–H groups in total. The maximum atomic E-state index is 11.4. The van der Waals surface area contributed by atoms with E-state index in [2.05, 4.69) is 21.1 Å². The van der Waals surface area contributed by atoms with E-state index in [0.717, 1.165) is 0 Å². The Morgan fingerprint density at radius 1 is 1.31 bits per heavy atom. The van der Waals surface area contributed by atoms with E-state index in [9.17, 15) is 9.59 Å². The lowest BCUT2D eigenvalue weighted by Gasteiger charge is -2.16. The van der Waals surface area contributed by atoms with Gasteiger partial charge in [-0.15, -0.1) is 0 Å². The van der Waals surface area contributed by atoms with Crippen molar-refractivity contribution >= 4 is 33.4 Å². The van der Waals surface area contributed by atoms with Crippen LogP contribution in [-0.4, -0.2) is 35.0 Å². The quantitative estimate of drug-likeness (QED) is 0.254. The van der Waals surface area contributed by atoms with E-state index in [4.69, 9.17) is 9.57 Å². The van der Waals surface area contributed by atoms with Gasteiger partial charge in [-0.3, -0.25) is 4.79 Å². The minimum absolute atomic E-state index is 0.00183. The van der Waals surface area contributed by atoms with Crippen LogP contribution in [0.2, 0.25) is 0 Å². The van der Waals surface area contributed by atoms with Crippen molar-refractivity contribution in [2.45, 2.75) is 33.3 Å². The van der Waals surface area contributed by atoms with Crippen LogP contribution < -0.4 is 0 Å². The number of halogens is 1. The summed E-state index contributed by atoms with van der Waals surface area (Å²) in [6.45, 7) is 7.12. The van der Waals surface area contributed by atoms with Crippen LogP contribution in [0, 0.1) is 0 Å². The Balaban J connectivity index is 4.80. The summed E-state index contributed by atoms with van der Waals surface area (Å²) in [6, 6.07) is 0. The summed E-state index contributed by atoms with van der Waals surface area (Å²) in [5.74, 6) is -1.24. The summed E-state index contributed by atoms with van der Waals surface area (Å²) in [7, 11) is 0.